The van der Waals surface area contributed by atoms with Gasteiger partial charge in [-0.25, -0.2) is 4.79 Å². The van der Waals surface area contributed by atoms with E-state index < -0.39 is 17.4 Å². The van der Waals surface area contributed by atoms with Gasteiger partial charge in [0.15, 0.2) is 0 Å². The van der Waals surface area contributed by atoms with E-state index in [1.807, 2.05) is 0 Å². The van der Waals surface area contributed by atoms with Crippen molar-refractivity contribution < 1.29 is 19.1 Å². The Labute approximate surface area is 118 Å². The van der Waals surface area contributed by atoms with Gasteiger partial charge in [-0.2, -0.15) is 0 Å². The SMILES string of the molecule is COCCCCCN1C(=O)NC(=O)C2(CCCC2)C1=O. The van der Waals surface area contributed by atoms with Crippen LogP contribution in [0.2, 0.25) is 0 Å². The van der Waals surface area contributed by atoms with Crippen molar-refractivity contribution in [2.45, 2.75) is 44.9 Å². The number of hydrogen-bond donors (Lipinski definition) is 1. The molecule has 4 amide bonds. The number of ether oxygens (including phenoxy) is 1. The number of methoxy groups -OCH3 is 1. The molecule has 112 valence electrons. The van der Waals surface area contributed by atoms with Crippen LogP contribution in [-0.2, 0) is 14.3 Å². The second kappa shape index (κ2) is 6.35. The first kappa shape index (κ1) is 15.0. The molecule has 1 heterocycles. The maximum Gasteiger partial charge on any atom is 0.330 e. The maximum absolute atomic E-state index is 12.5. The van der Waals surface area contributed by atoms with Crippen LogP contribution in [-0.4, -0.2) is 43.0 Å². The Balaban J connectivity index is 1.95. The molecule has 1 saturated heterocycles. The number of carbonyl (C=O) groups excluding carboxylic acids is 3. The summed E-state index contributed by atoms with van der Waals surface area (Å²) in [5.74, 6) is -0.698. The molecule has 0 atom stereocenters. The minimum absolute atomic E-state index is 0.296. The molecule has 0 radical (unpaired) electrons. The second-order valence-electron chi connectivity index (χ2n) is 5.56. The number of imide groups is 2. The van der Waals surface area contributed by atoms with Gasteiger partial charge in [0.25, 0.3) is 0 Å². The molecule has 0 bridgehead atoms. The predicted molar refractivity (Wildman–Crippen MR) is 71.9 cm³/mol. The number of barbiturate groups is 1. The lowest BCUT2D eigenvalue weighted by Crippen LogP contribution is -2.63. The van der Waals surface area contributed by atoms with E-state index in [2.05, 4.69) is 5.32 Å². The fourth-order valence-corrected chi connectivity index (χ4v) is 3.05. The zero-order valence-electron chi connectivity index (χ0n) is 11.9. The Bertz CT molecular complexity index is 402. The molecule has 0 aromatic rings. The summed E-state index contributed by atoms with van der Waals surface area (Å²) >= 11 is 0. The van der Waals surface area contributed by atoms with Gasteiger partial charge in [0.2, 0.25) is 11.8 Å². The molecule has 1 saturated carbocycles. The van der Waals surface area contributed by atoms with Gasteiger partial charge >= 0.3 is 6.03 Å². The van der Waals surface area contributed by atoms with Gasteiger partial charge in [0.05, 0.1) is 0 Å². The van der Waals surface area contributed by atoms with Crippen LogP contribution in [0.5, 0.6) is 0 Å². The first-order valence-corrected chi connectivity index (χ1v) is 7.28. The first-order valence-electron chi connectivity index (χ1n) is 7.28. The summed E-state index contributed by atoms with van der Waals surface area (Å²) in [6.07, 6.45) is 5.41. The molecular weight excluding hydrogens is 260 g/mol. The van der Waals surface area contributed by atoms with Gasteiger partial charge in [-0.3, -0.25) is 19.8 Å². The van der Waals surface area contributed by atoms with Crippen LogP contribution in [0.4, 0.5) is 4.79 Å². The number of urea groups is 1. The van der Waals surface area contributed by atoms with Crippen molar-refractivity contribution in [3.63, 3.8) is 0 Å². The predicted octanol–water partition coefficient (Wildman–Crippen LogP) is 1.44. The number of nitrogens with one attached hydrogen (secondary N) is 1. The highest BCUT2D eigenvalue weighted by atomic mass is 16.5. The van der Waals surface area contributed by atoms with Crippen molar-refractivity contribution in [3.05, 3.63) is 0 Å². The molecule has 0 unspecified atom stereocenters. The summed E-state index contributed by atoms with van der Waals surface area (Å²) in [4.78, 5) is 37.6. The minimum atomic E-state index is -0.972. The summed E-state index contributed by atoms with van der Waals surface area (Å²) in [6, 6.07) is -0.565. The molecule has 6 heteroatoms. The maximum atomic E-state index is 12.5. The number of carbonyl (C=O) groups is 3. The van der Waals surface area contributed by atoms with Crippen LogP contribution in [0, 0.1) is 5.41 Å². The summed E-state index contributed by atoms with van der Waals surface area (Å²) in [5.41, 5.74) is -0.972. The van der Waals surface area contributed by atoms with Crippen LogP contribution in [0.1, 0.15) is 44.9 Å². The van der Waals surface area contributed by atoms with Crippen LogP contribution in [0.25, 0.3) is 0 Å². The summed E-state index contributed by atoms with van der Waals surface area (Å²) < 4.78 is 4.96. The van der Waals surface area contributed by atoms with Crippen molar-refractivity contribution >= 4 is 17.8 Å². The minimum Gasteiger partial charge on any atom is -0.385 e. The van der Waals surface area contributed by atoms with Crippen molar-refractivity contribution in [1.29, 1.82) is 0 Å². The van der Waals surface area contributed by atoms with Crippen molar-refractivity contribution in [1.82, 2.24) is 10.2 Å². The number of unbranched alkanes of at least 4 members (excludes halogenated alkanes) is 2. The highest BCUT2D eigenvalue weighted by molar-refractivity contribution is 6.19. The zero-order chi connectivity index (χ0) is 14.6. The highest BCUT2D eigenvalue weighted by Gasteiger charge is 2.54. The van der Waals surface area contributed by atoms with Gasteiger partial charge in [-0.05, 0) is 32.1 Å². The first-order chi connectivity index (χ1) is 9.62. The lowest BCUT2D eigenvalue weighted by molar-refractivity contribution is -0.151. The number of amides is 4. The molecule has 6 nitrogen and oxygen atoms in total. The zero-order valence-corrected chi connectivity index (χ0v) is 11.9. The third-order valence-corrected chi connectivity index (χ3v) is 4.24. The molecule has 2 aliphatic rings. The van der Waals surface area contributed by atoms with E-state index >= 15 is 0 Å². The van der Waals surface area contributed by atoms with E-state index in [4.69, 9.17) is 4.74 Å². The molecule has 0 aromatic carbocycles. The molecule has 2 rings (SSSR count). The van der Waals surface area contributed by atoms with Gasteiger partial charge in [-0.15, -0.1) is 0 Å². The molecule has 2 fully saturated rings. The Hall–Kier alpha value is -1.43. The quantitative estimate of drug-likeness (QED) is 0.591. The highest BCUT2D eigenvalue weighted by Crippen LogP contribution is 2.41. The lowest BCUT2D eigenvalue weighted by Gasteiger charge is -2.36. The third-order valence-electron chi connectivity index (χ3n) is 4.24. The average Bonchev–Trinajstić information content (AvgIpc) is 2.91. The summed E-state index contributed by atoms with van der Waals surface area (Å²) in [7, 11) is 1.65. The lowest BCUT2D eigenvalue weighted by atomic mass is 9.82. The van der Waals surface area contributed by atoms with E-state index in [0.717, 1.165) is 32.1 Å². The van der Waals surface area contributed by atoms with Gasteiger partial charge in [0, 0.05) is 20.3 Å². The van der Waals surface area contributed by atoms with E-state index in [-0.39, 0.29) is 5.91 Å². The molecule has 1 spiro atoms. The fourth-order valence-electron chi connectivity index (χ4n) is 3.05. The molecule has 20 heavy (non-hydrogen) atoms. The molecule has 1 aliphatic carbocycles. The average molecular weight is 282 g/mol. The molecule has 1 N–H and O–H groups in total. The Morgan fingerprint density at radius 2 is 1.85 bits per heavy atom. The monoisotopic (exact) mass is 282 g/mol. The molecule has 1 aliphatic heterocycles. The van der Waals surface area contributed by atoms with Gasteiger partial charge < -0.3 is 4.74 Å². The Morgan fingerprint density at radius 3 is 2.50 bits per heavy atom. The standard InChI is InChI=1S/C14H22N2O4/c1-20-10-6-2-5-9-16-12(18)14(7-3-4-8-14)11(17)15-13(16)19/h2-10H2,1H3,(H,15,17,19). The molecular formula is C14H22N2O4. The Kier molecular flexibility index (Phi) is 4.75. The van der Waals surface area contributed by atoms with E-state index in [9.17, 15) is 14.4 Å². The van der Waals surface area contributed by atoms with Crippen LogP contribution < -0.4 is 5.32 Å². The smallest absolute Gasteiger partial charge is 0.330 e. The molecule has 0 aromatic heterocycles. The Morgan fingerprint density at radius 1 is 1.15 bits per heavy atom. The normalized spacial score (nSPS) is 21.6. The largest absolute Gasteiger partial charge is 0.385 e. The third kappa shape index (κ3) is 2.70. The van der Waals surface area contributed by atoms with Crippen LogP contribution in [0.3, 0.4) is 0 Å². The number of nitrogens with zero attached hydrogens (tertiary/aromatic N) is 1. The fraction of sp³-hybridized carbons (Fsp3) is 0.786. The van der Waals surface area contributed by atoms with Crippen LogP contribution in [0.15, 0.2) is 0 Å². The van der Waals surface area contributed by atoms with Crippen molar-refractivity contribution in [2.75, 3.05) is 20.3 Å². The van der Waals surface area contributed by atoms with E-state index in [1.54, 1.807) is 7.11 Å². The van der Waals surface area contributed by atoms with E-state index in [0.29, 0.717) is 26.0 Å². The topological polar surface area (TPSA) is 75.7 Å². The summed E-state index contributed by atoms with van der Waals surface area (Å²) in [5, 5.41) is 2.35. The van der Waals surface area contributed by atoms with Crippen LogP contribution >= 0.6 is 0 Å². The second-order valence-corrected chi connectivity index (χ2v) is 5.56. The number of rotatable bonds is 6. The van der Waals surface area contributed by atoms with Crippen molar-refractivity contribution in [2.24, 2.45) is 5.41 Å². The van der Waals surface area contributed by atoms with Gasteiger partial charge in [0.1, 0.15) is 5.41 Å². The van der Waals surface area contributed by atoms with Crippen molar-refractivity contribution in [3.8, 4) is 0 Å². The summed E-state index contributed by atoms with van der Waals surface area (Å²) in [6.45, 7) is 1.06. The number of hydrogen-bond acceptors (Lipinski definition) is 4. The van der Waals surface area contributed by atoms with E-state index in [1.165, 1.54) is 4.90 Å². The van der Waals surface area contributed by atoms with Gasteiger partial charge in [-0.1, -0.05) is 12.8 Å².